The molecule has 1 saturated heterocycles. The third-order valence-corrected chi connectivity index (χ3v) is 3.99. The van der Waals surface area contributed by atoms with Gasteiger partial charge in [0.05, 0.1) is 17.7 Å². The molecule has 1 aliphatic carbocycles. The number of nitrogens with two attached hydrogens (primary N) is 1. The van der Waals surface area contributed by atoms with Crippen LogP contribution in [-0.4, -0.2) is 41.7 Å². The topological polar surface area (TPSA) is 38.5 Å². The molecule has 0 aromatic heterocycles. The molecule has 2 N–H and O–H groups in total. The van der Waals surface area contributed by atoms with Crippen molar-refractivity contribution in [3.8, 4) is 0 Å². The molecule has 4 heteroatoms. The fraction of sp³-hybridized carbons (Fsp3) is 0.909. The summed E-state index contributed by atoms with van der Waals surface area (Å²) >= 11 is 5.03. The Morgan fingerprint density at radius 2 is 2.40 bits per heavy atom. The van der Waals surface area contributed by atoms with Gasteiger partial charge in [0.25, 0.3) is 0 Å². The number of hydrogen-bond acceptors (Lipinski definition) is 3. The van der Waals surface area contributed by atoms with Crippen LogP contribution in [0.25, 0.3) is 0 Å². The quantitative estimate of drug-likeness (QED) is 0.736. The molecule has 1 saturated carbocycles. The zero-order valence-corrected chi connectivity index (χ0v) is 10.1. The van der Waals surface area contributed by atoms with Crippen LogP contribution in [-0.2, 0) is 4.74 Å². The van der Waals surface area contributed by atoms with E-state index in [-0.39, 0.29) is 0 Å². The van der Waals surface area contributed by atoms with Crippen LogP contribution in [0.2, 0.25) is 0 Å². The van der Waals surface area contributed by atoms with Crippen molar-refractivity contribution in [2.45, 2.75) is 38.3 Å². The summed E-state index contributed by atoms with van der Waals surface area (Å²) in [5.41, 5.74) is 5.66. The highest BCUT2D eigenvalue weighted by Crippen LogP contribution is 2.29. The van der Waals surface area contributed by atoms with Gasteiger partial charge < -0.3 is 10.5 Å². The fourth-order valence-corrected chi connectivity index (χ4v) is 2.75. The van der Waals surface area contributed by atoms with Crippen LogP contribution < -0.4 is 5.73 Å². The zero-order chi connectivity index (χ0) is 10.8. The van der Waals surface area contributed by atoms with E-state index in [1.807, 2.05) is 0 Å². The van der Waals surface area contributed by atoms with Gasteiger partial charge in [0.1, 0.15) is 0 Å². The fourth-order valence-electron chi connectivity index (χ4n) is 2.67. The summed E-state index contributed by atoms with van der Waals surface area (Å²) in [6, 6.07) is 0.621. The highest BCUT2D eigenvalue weighted by atomic mass is 32.1. The molecule has 86 valence electrons. The first-order valence-corrected chi connectivity index (χ1v) is 6.24. The summed E-state index contributed by atoms with van der Waals surface area (Å²) in [6.07, 6.45) is 4.27. The third-order valence-electron chi connectivity index (χ3n) is 3.59. The summed E-state index contributed by atoms with van der Waals surface area (Å²) in [5, 5.41) is 0. The second kappa shape index (κ2) is 4.76. The number of fused-ring (bicyclic) bond motifs is 1. The van der Waals surface area contributed by atoms with Crippen molar-refractivity contribution >= 4 is 17.2 Å². The molecule has 0 aromatic carbocycles. The smallest absolute Gasteiger partial charge is 0.0768 e. The SMILES string of the molecule is CC(CN1CCOC2CCCC21)C(N)=S. The summed E-state index contributed by atoms with van der Waals surface area (Å²) < 4.78 is 5.77. The number of ether oxygens (including phenoxy) is 1. The summed E-state index contributed by atoms with van der Waals surface area (Å²) in [5.74, 6) is 0.319. The van der Waals surface area contributed by atoms with Crippen molar-refractivity contribution in [1.82, 2.24) is 4.90 Å². The molecule has 2 aliphatic rings. The van der Waals surface area contributed by atoms with Gasteiger partial charge in [0.2, 0.25) is 0 Å². The molecule has 0 bridgehead atoms. The van der Waals surface area contributed by atoms with Gasteiger partial charge in [-0.1, -0.05) is 19.1 Å². The Morgan fingerprint density at radius 1 is 1.60 bits per heavy atom. The van der Waals surface area contributed by atoms with Gasteiger partial charge in [-0.15, -0.1) is 0 Å². The van der Waals surface area contributed by atoms with Gasteiger partial charge in [-0.25, -0.2) is 0 Å². The van der Waals surface area contributed by atoms with E-state index in [0.29, 0.717) is 23.1 Å². The lowest BCUT2D eigenvalue weighted by Gasteiger charge is -2.38. The highest BCUT2D eigenvalue weighted by Gasteiger charge is 2.36. The average Bonchev–Trinajstić information content (AvgIpc) is 2.66. The third kappa shape index (κ3) is 2.49. The van der Waals surface area contributed by atoms with Gasteiger partial charge in [-0.3, -0.25) is 4.90 Å². The largest absolute Gasteiger partial charge is 0.393 e. The van der Waals surface area contributed by atoms with E-state index in [1.165, 1.54) is 19.3 Å². The maximum absolute atomic E-state index is 5.77. The highest BCUT2D eigenvalue weighted by molar-refractivity contribution is 7.80. The summed E-state index contributed by atoms with van der Waals surface area (Å²) in [6.45, 7) is 5.01. The van der Waals surface area contributed by atoms with Gasteiger partial charge in [-0.2, -0.15) is 0 Å². The minimum absolute atomic E-state index is 0.319. The van der Waals surface area contributed by atoms with Crippen LogP contribution in [0, 0.1) is 5.92 Å². The van der Waals surface area contributed by atoms with Gasteiger partial charge >= 0.3 is 0 Å². The Morgan fingerprint density at radius 3 is 3.13 bits per heavy atom. The molecule has 3 atom stereocenters. The number of hydrogen-bond donors (Lipinski definition) is 1. The molecule has 2 fully saturated rings. The number of nitrogens with zero attached hydrogens (tertiary/aromatic N) is 1. The van der Waals surface area contributed by atoms with Crippen molar-refractivity contribution in [3.63, 3.8) is 0 Å². The predicted octanol–water partition coefficient (Wildman–Crippen LogP) is 1.16. The molecule has 0 aromatic rings. The molecule has 1 aliphatic heterocycles. The van der Waals surface area contributed by atoms with Crippen LogP contribution >= 0.6 is 12.2 Å². The Kier molecular flexibility index (Phi) is 3.59. The van der Waals surface area contributed by atoms with Crippen molar-refractivity contribution in [3.05, 3.63) is 0 Å². The van der Waals surface area contributed by atoms with E-state index in [2.05, 4.69) is 11.8 Å². The average molecular weight is 228 g/mol. The van der Waals surface area contributed by atoms with Crippen LogP contribution in [0.4, 0.5) is 0 Å². The monoisotopic (exact) mass is 228 g/mol. The van der Waals surface area contributed by atoms with E-state index in [4.69, 9.17) is 22.7 Å². The van der Waals surface area contributed by atoms with E-state index < -0.39 is 0 Å². The normalized spacial score (nSPS) is 33.7. The molecule has 0 amide bonds. The minimum Gasteiger partial charge on any atom is -0.393 e. The van der Waals surface area contributed by atoms with Crippen molar-refractivity contribution in [2.75, 3.05) is 19.7 Å². The molecular formula is C11H20N2OS. The Hall–Kier alpha value is -0.190. The van der Waals surface area contributed by atoms with Gasteiger partial charge in [-0.05, 0) is 19.3 Å². The first-order valence-electron chi connectivity index (χ1n) is 5.83. The molecule has 0 radical (unpaired) electrons. The molecule has 3 nitrogen and oxygen atoms in total. The number of thiocarbonyl (C=S) groups is 1. The Balaban J connectivity index is 1.93. The second-order valence-electron chi connectivity index (χ2n) is 4.71. The van der Waals surface area contributed by atoms with Gasteiger partial charge in [0, 0.05) is 25.0 Å². The van der Waals surface area contributed by atoms with Crippen LogP contribution in [0.3, 0.4) is 0 Å². The maximum Gasteiger partial charge on any atom is 0.0768 e. The lowest BCUT2D eigenvalue weighted by molar-refractivity contribution is -0.0572. The zero-order valence-electron chi connectivity index (χ0n) is 9.32. The van der Waals surface area contributed by atoms with Crippen molar-refractivity contribution < 1.29 is 4.74 Å². The van der Waals surface area contributed by atoms with E-state index >= 15 is 0 Å². The second-order valence-corrected chi connectivity index (χ2v) is 5.18. The van der Waals surface area contributed by atoms with Gasteiger partial charge in [0.15, 0.2) is 0 Å². The first kappa shape index (κ1) is 11.3. The molecule has 3 unspecified atom stereocenters. The molecule has 2 rings (SSSR count). The minimum atomic E-state index is 0.319. The molecule has 0 spiro atoms. The van der Waals surface area contributed by atoms with Crippen LogP contribution in [0.1, 0.15) is 26.2 Å². The van der Waals surface area contributed by atoms with Crippen molar-refractivity contribution in [1.29, 1.82) is 0 Å². The lowest BCUT2D eigenvalue weighted by Crippen LogP contribution is -2.50. The Bertz CT molecular complexity index is 247. The Labute approximate surface area is 96.9 Å². The van der Waals surface area contributed by atoms with Crippen LogP contribution in [0.15, 0.2) is 0 Å². The van der Waals surface area contributed by atoms with E-state index in [1.54, 1.807) is 0 Å². The lowest BCUT2D eigenvalue weighted by atomic mass is 10.1. The maximum atomic E-state index is 5.77. The molecule has 1 heterocycles. The summed E-state index contributed by atoms with van der Waals surface area (Å²) in [4.78, 5) is 3.15. The number of rotatable bonds is 3. The van der Waals surface area contributed by atoms with E-state index in [0.717, 1.165) is 19.7 Å². The molecule has 15 heavy (non-hydrogen) atoms. The first-order chi connectivity index (χ1) is 7.18. The number of morpholine rings is 1. The van der Waals surface area contributed by atoms with Crippen LogP contribution in [0.5, 0.6) is 0 Å². The summed E-state index contributed by atoms with van der Waals surface area (Å²) in [7, 11) is 0. The predicted molar refractivity (Wildman–Crippen MR) is 64.9 cm³/mol. The molecular weight excluding hydrogens is 208 g/mol. The van der Waals surface area contributed by atoms with Crippen molar-refractivity contribution in [2.24, 2.45) is 11.7 Å². The standard InChI is InChI=1S/C11H20N2OS/c1-8(11(12)15)7-13-5-6-14-10-4-2-3-9(10)13/h8-10H,2-7H2,1H3,(H2,12,15). The van der Waals surface area contributed by atoms with E-state index in [9.17, 15) is 0 Å².